The second kappa shape index (κ2) is 6.83. The summed E-state index contributed by atoms with van der Waals surface area (Å²) in [5, 5.41) is 13.4. The van der Waals surface area contributed by atoms with Gasteiger partial charge in [0.25, 0.3) is 0 Å². The maximum atomic E-state index is 15.0. The number of nitrogens with zero attached hydrogens (tertiary/aromatic N) is 4. The lowest BCUT2D eigenvalue weighted by atomic mass is 9.93. The number of rotatable bonds is 2. The number of thiazole rings is 1. The summed E-state index contributed by atoms with van der Waals surface area (Å²) in [5.41, 5.74) is 4.91. The van der Waals surface area contributed by atoms with Crippen molar-refractivity contribution in [3.63, 3.8) is 0 Å². The molecular formula is C21H20FN5S. The predicted octanol–water partition coefficient (Wildman–Crippen LogP) is 4.52. The molecule has 1 aliphatic heterocycles. The quantitative estimate of drug-likeness (QED) is 0.542. The maximum absolute atomic E-state index is 15.0. The summed E-state index contributed by atoms with van der Waals surface area (Å²) in [6, 6.07) is 7.33. The molecular weight excluding hydrogens is 373 g/mol. The number of fused-ring (bicyclic) bond motifs is 2. The molecule has 0 spiro atoms. The van der Waals surface area contributed by atoms with Crippen LogP contribution in [0.25, 0.3) is 31.7 Å². The van der Waals surface area contributed by atoms with E-state index in [1.807, 2.05) is 32.0 Å². The number of aryl methyl sites for hydroxylation is 2. The van der Waals surface area contributed by atoms with Crippen molar-refractivity contribution in [2.45, 2.75) is 32.6 Å². The number of nitrogens with one attached hydrogen (secondary N) is 1. The standard InChI is InChI=1S/C21H20FN5S/c1-11-7-19-20(12(2)24-11)25-21(28-19)14-8-16(22)15-10-17(26-27-18(15)9-14)13-3-5-23-6-4-13/h7-10,13,23H,3-6H2,1-2H3. The van der Waals surface area contributed by atoms with Crippen molar-refractivity contribution < 1.29 is 4.39 Å². The van der Waals surface area contributed by atoms with Crippen LogP contribution in [0.2, 0.25) is 0 Å². The van der Waals surface area contributed by atoms with Crippen LogP contribution >= 0.6 is 11.3 Å². The molecule has 1 saturated heterocycles. The first-order valence-electron chi connectivity index (χ1n) is 9.51. The monoisotopic (exact) mass is 393 g/mol. The second-order valence-electron chi connectivity index (χ2n) is 7.40. The summed E-state index contributed by atoms with van der Waals surface area (Å²) in [6.45, 7) is 5.86. The van der Waals surface area contributed by atoms with E-state index in [-0.39, 0.29) is 5.82 Å². The van der Waals surface area contributed by atoms with E-state index >= 15 is 0 Å². The van der Waals surface area contributed by atoms with Gasteiger partial charge in [-0.2, -0.15) is 10.2 Å². The summed E-state index contributed by atoms with van der Waals surface area (Å²) in [6.07, 6.45) is 2.02. The van der Waals surface area contributed by atoms with Gasteiger partial charge in [0.05, 0.1) is 21.6 Å². The van der Waals surface area contributed by atoms with Crippen LogP contribution in [0.1, 0.15) is 35.8 Å². The molecule has 0 bridgehead atoms. The van der Waals surface area contributed by atoms with Gasteiger partial charge in [-0.25, -0.2) is 9.37 Å². The molecule has 0 aliphatic carbocycles. The Hall–Kier alpha value is -2.51. The third kappa shape index (κ3) is 3.04. The first-order valence-corrected chi connectivity index (χ1v) is 10.3. The van der Waals surface area contributed by atoms with E-state index in [2.05, 4.69) is 20.5 Å². The van der Waals surface area contributed by atoms with Gasteiger partial charge in [-0.05, 0) is 64.0 Å². The molecule has 7 heteroatoms. The van der Waals surface area contributed by atoms with Gasteiger partial charge in [0.2, 0.25) is 0 Å². The summed E-state index contributed by atoms with van der Waals surface area (Å²) in [4.78, 5) is 9.17. The molecule has 1 fully saturated rings. The summed E-state index contributed by atoms with van der Waals surface area (Å²) < 4.78 is 16.0. The van der Waals surface area contributed by atoms with Crippen LogP contribution in [0, 0.1) is 19.7 Å². The molecule has 3 aromatic heterocycles. The van der Waals surface area contributed by atoms with Crippen molar-refractivity contribution >= 4 is 32.5 Å². The van der Waals surface area contributed by atoms with Crippen molar-refractivity contribution in [1.82, 2.24) is 25.5 Å². The zero-order chi connectivity index (χ0) is 19.3. The van der Waals surface area contributed by atoms with Crippen molar-refractivity contribution in [3.05, 3.63) is 47.2 Å². The van der Waals surface area contributed by atoms with Crippen molar-refractivity contribution in [1.29, 1.82) is 0 Å². The van der Waals surface area contributed by atoms with Gasteiger partial charge in [-0.1, -0.05) is 0 Å². The van der Waals surface area contributed by atoms with Crippen LogP contribution in [0.3, 0.4) is 0 Å². The molecule has 5 nitrogen and oxygen atoms in total. The van der Waals surface area contributed by atoms with E-state index in [0.29, 0.717) is 16.8 Å². The highest BCUT2D eigenvalue weighted by Crippen LogP contribution is 2.34. The first-order chi connectivity index (χ1) is 13.6. The molecule has 0 atom stereocenters. The van der Waals surface area contributed by atoms with Gasteiger partial charge in [0, 0.05) is 22.6 Å². The van der Waals surface area contributed by atoms with E-state index in [4.69, 9.17) is 4.98 Å². The van der Waals surface area contributed by atoms with Gasteiger partial charge in [-0.3, -0.25) is 4.98 Å². The predicted molar refractivity (Wildman–Crippen MR) is 110 cm³/mol. The smallest absolute Gasteiger partial charge is 0.133 e. The van der Waals surface area contributed by atoms with Crippen LogP contribution in [0.4, 0.5) is 4.39 Å². The summed E-state index contributed by atoms with van der Waals surface area (Å²) >= 11 is 1.55. The lowest BCUT2D eigenvalue weighted by Crippen LogP contribution is -2.27. The van der Waals surface area contributed by atoms with Gasteiger partial charge in [0.1, 0.15) is 16.3 Å². The zero-order valence-corrected chi connectivity index (χ0v) is 16.6. The van der Waals surface area contributed by atoms with Crippen molar-refractivity contribution in [2.24, 2.45) is 0 Å². The average Bonchev–Trinajstić information content (AvgIpc) is 3.13. The molecule has 0 unspecified atom stereocenters. The third-order valence-electron chi connectivity index (χ3n) is 5.36. The minimum Gasteiger partial charge on any atom is -0.317 e. The normalized spacial score (nSPS) is 15.5. The molecule has 1 N–H and O–H groups in total. The molecule has 28 heavy (non-hydrogen) atoms. The Labute approximate surface area is 166 Å². The Bertz CT molecular complexity index is 1200. The Morgan fingerprint density at radius 2 is 1.86 bits per heavy atom. The number of piperidine rings is 1. The Morgan fingerprint density at radius 3 is 2.68 bits per heavy atom. The molecule has 1 aromatic carbocycles. The fourth-order valence-electron chi connectivity index (χ4n) is 3.91. The third-order valence-corrected chi connectivity index (χ3v) is 6.41. The lowest BCUT2D eigenvalue weighted by Gasteiger charge is -2.21. The van der Waals surface area contributed by atoms with Crippen LogP contribution in [0.5, 0.6) is 0 Å². The summed E-state index contributed by atoms with van der Waals surface area (Å²) in [5.74, 6) is 0.0723. The van der Waals surface area contributed by atoms with Crippen LogP contribution in [-0.4, -0.2) is 33.3 Å². The maximum Gasteiger partial charge on any atom is 0.133 e. The van der Waals surface area contributed by atoms with E-state index in [0.717, 1.165) is 63.8 Å². The highest BCUT2D eigenvalue weighted by Gasteiger charge is 2.19. The van der Waals surface area contributed by atoms with E-state index in [9.17, 15) is 4.39 Å². The zero-order valence-electron chi connectivity index (χ0n) is 15.8. The lowest BCUT2D eigenvalue weighted by molar-refractivity contribution is 0.451. The molecule has 142 valence electrons. The van der Waals surface area contributed by atoms with E-state index < -0.39 is 0 Å². The van der Waals surface area contributed by atoms with Crippen LogP contribution in [-0.2, 0) is 0 Å². The Balaban J connectivity index is 1.58. The topological polar surface area (TPSA) is 63.6 Å². The highest BCUT2D eigenvalue weighted by molar-refractivity contribution is 7.21. The molecule has 0 radical (unpaired) electrons. The number of hydrogen-bond donors (Lipinski definition) is 1. The molecule has 0 saturated carbocycles. The number of halogens is 1. The van der Waals surface area contributed by atoms with Crippen LogP contribution in [0.15, 0.2) is 24.3 Å². The molecule has 4 heterocycles. The van der Waals surface area contributed by atoms with Crippen molar-refractivity contribution in [3.8, 4) is 10.6 Å². The summed E-state index contributed by atoms with van der Waals surface area (Å²) in [7, 11) is 0. The SMILES string of the molecule is Cc1cc2sc(-c3cc(F)c4cc(C5CCNCC5)nnc4c3)nc2c(C)n1. The van der Waals surface area contributed by atoms with Gasteiger partial charge >= 0.3 is 0 Å². The van der Waals surface area contributed by atoms with E-state index in [1.54, 1.807) is 17.4 Å². The first kappa shape index (κ1) is 17.6. The fraction of sp³-hybridized carbons (Fsp3) is 0.333. The average molecular weight is 393 g/mol. The number of hydrogen-bond acceptors (Lipinski definition) is 6. The molecule has 1 aliphatic rings. The number of aromatic nitrogens is 4. The Kier molecular flexibility index (Phi) is 4.29. The van der Waals surface area contributed by atoms with Crippen molar-refractivity contribution in [2.75, 3.05) is 13.1 Å². The fourth-order valence-corrected chi connectivity index (χ4v) is 5.01. The van der Waals surface area contributed by atoms with Crippen LogP contribution < -0.4 is 5.32 Å². The Morgan fingerprint density at radius 1 is 1.04 bits per heavy atom. The van der Waals surface area contributed by atoms with E-state index in [1.165, 1.54) is 0 Å². The van der Waals surface area contributed by atoms with Gasteiger partial charge < -0.3 is 5.32 Å². The van der Waals surface area contributed by atoms with Gasteiger partial charge in [-0.15, -0.1) is 11.3 Å². The molecule has 4 aromatic rings. The number of pyridine rings is 1. The molecule has 5 rings (SSSR count). The molecule has 0 amide bonds. The number of benzene rings is 1. The highest BCUT2D eigenvalue weighted by atomic mass is 32.1. The second-order valence-corrected chi connectivity index (χ2v) is 8.43. The largest absolute Gasteiger partial charge is 0.317 e. The minimum absolute atomic E-state index is 0.275. The van der Waals surface area contributed by atoms with Gasteiger partial charge in [0.15, 0.2) is 0 Å². The minimum atomic E-state index is -0.275.